The van der Waals surface area contributed by atoms with E-state index in [1.807, 2.05) is 34.1 Å². The number of amides is 2. The van der Waals surface area contributed by atoms with Crippen molar-refractivity contribution in [1.29, 1.82) is 0 Å². The third kappa shape index (κ3) is 3.49. The van der Waals surface area contributed by atoms with Crippen LogP contribution in [0.4, 0.5) is 0 Å². The van der Waals surface area contributed by atoms with Gasteiger partial charge < -0.3 is 9.80 Å². The van der Waals surface area contributed by atoms with Crippen molar-refractivity contribution >= 4 is 11.8 Å². The minimum Gasteiger partial charge on any atom is -0.339 e. The number of hydrogen-bond acceptors (Lipinski definition) is 3. The number of likely N-dealkylation sites (tertiary alicyclic amines) is 2. The molecule has 2 saturated heterocycles. The molecule has 2 aliphatic heterocycles. The maximum atomic E-state index is 12.7. The Hall–Kier alpha value is -2.63. The average molecular weight is 352 g/mol. The van der Waals surface area contributed by atoms with E-state index in [0.717, 1.165) is 24.9 Å². The van der Waals surface area contributed by atoms with Gasteiger partial charge in [0.2, 0.25) is 11.8 Å². The molecule has 0 spiro atoms. The highest BCUT2D eigenvalue weighted by molar-refractivity contribution is 5.78. The Kier molecular flexibility index (Phi) is 4.73. The summed E-state index contributed by atoms with van der Waals surface area (Å²) in [6.07, 6.45) is 6.01. The average Bonchev–Trinajstić information content (AvgIpc) is 3.28. The topological polar surface area (TPSA) is 58.4 Å². The first-order valence-electron chi connectivity index (χ1n) is 9.29. The molecule has 0 saturated carbocycles. The van der Waals surface area contributed by atoms with Crippen molar-refractivity contribution < 1.29 is 9.59 Å². The molecule has 2 aliphatic rings. The molecular weight excluding hydrogens is 328 g/mol. The fraction of sp³-hybridized carbons (Fsp3) is 0.450. The van der Waals surface area contributed by atoms with Crippen LogP contribution in [0.1, 0.15) is 24.8 Å². The van der Waals surface area contributed by atoms with Gasteiger partial charge in [-0.15, -0.1) is 0 Å². The van der Waals surface area contributed by atoms with Gasteiger partial charge in [0, 0.05) is 38.4 Å². The molecule has 2 fully saturated rings. The molecule has 136 valence electrons. The summed E-state index contributed by atoms with van der Waals surface area (Å²) in [5, 5.41) is 4.12. The minimum atomic E-state index is 0.0777. The summed E-state index contributed by atoms with van der Waals surface area (Å²) in [6, 6.07) is 12.1. The van der Waals surface area contributed by atoms with E-state index in [1.165, 1.54) is 0 Å². The fourth-order valence-electron chi connectivity index (χ4n) is 4.16. The van der Waals surface area contributed by atoms with Gasteiger partial charge in [-0.2, -0.15) is 5.10 Å². The smallest absolute Gasteiger partial charge is 0.244 e. The molecule has 1 aromatic carbocycles. The predicted molar refractivity (Wildman–Crippen MR) is 96.9 cm³/mol. The summed E-state index contributed by atoms with van der Waals surface area (Å²) in [5.74, 6) is 0.656. The van der Waals surface area contributed by atoms with Crippen LogP contribution in [0.25, 0.3) is 0 Å². The molecule has 0 aliphatic carbocycles. The zero-order chi connectivity index (χ0) is 17.9. The summed E-state index contributed by atoms with van der Waals surface area (Å²) >= 11 is 0. The molecule has 0 unspecified atom stereocenters. The number of benzene rings is 1. The van der Waals surface area contributed by atoms with Crippen LogP contribution in [0.2, 0.25) is 0 Å². The Balaban J connectivity index is 1.49. The van der Waals surface area contributed by atoms with E-state index in [1.54, 1.807) is 17.1 Å². The van der Waals surface area contributed by atoms with Gasteiger partial charge in [-0.3, -0.25) is 14.3 Å². The van der Waals surface area contributed by atoms with Crippen molar-refractivity contribution in [2.24, 2.45) is 5.92 Å². The molecule has 6 nitrogen and oxygen atoms in total. The lowest BCUT2D eigenvalue weighted by atomic mass is 9.98. The lowest BCUT2D eigenvalue weighted by Gasteiger charge is -2.30. The summed E-state index contributed by atoms with van der Waals surface area (Å²) in [7, 11) is 0. The standard InChI is InChI=1S/C20H24N4O2/c25-19-9-4-8-17-13-22(20(26)15-23-11-5-10-21-23)14-18(17)24(19)12-16-6-2-1-3-7-16/h1-3,5-7,10-11,17-18H,4,8-9,12-15H2/t17-,18+/m1/s1. The first-order valence-corrected chi connectivity index (χ1v) is 9.29. The van der Waals surface area contributed by atoms with E-state index in [4.69, 9.17) is 0 Å². The largest absolute Gasteiger partial charge is 0.339 e. The lowest BCUT2D eigenvalue weighted by Crippen LogP contribution is -2.43. The Morgan fingerprint density at radius 1 is 1.15 bits per heavy atom. The Morgan fingerprint density at radius 2 is 2.00 bits per heavy atom. The molecule has 6 heteroatoms. The number of carbonyl (C=O) groups excluding carboxylic acids is 2. The van der Waals surface area contributed by atoms with Crippen LogP contribution in [0, 0.1) is 5.92 Å². The van der Waals surface area contributed by atoms with E-state index < -0.39 is 0 Å². The predicted octanol–water partition coefficient (Wildman–Crippen LogP) is 1.92. The van der Waals surface area contributed by atoms with Crippen molar-refractivity contribution in [2.75, 3.05) is 13.1 Å². The van der Waals surface area contributed by atoms with Crippen molar-refractivity contribution in [3.05, 3.63) is 54.4 Å². The molecular formula is C20H24N4O2. The second-order valence-electron chi connectivity index (χ2n) is 7.23. The SMILES string of the molecule is O=C(Cn1cccn1)N1C[C@H]2CCCC(=O)N(Cc3ccccc3)[C@H]2C1. The minimum absolute atomic E-state index is 0.0777. The highest BCUT2D eigenvalue weighted by Gasteiger charge is 2.41. The molecule has 26 heavy (non-hydrogen) atoms. The molecule has 0 radical (unpaired) electrons. The second-order valence-corrected chi connectivity index (χ2v) is 7.23. The lowest BCUT2D eigenvalue weighted by molar-refractivity contribution is -0.135. The quantitative estimate of drug-likeness (QED) is 0.845. The van der Waals surface area contributed by atoms with Gasteiger partial charge >= 0.3 is 0 Å². The molecule has 0 N–H and O–H groups in total. The molecule has 3 heterocycles. The molecule has 2 aromatic rings. The van der Waals surface area contributed by atoms with Gasteiger partial charge in [0.15, 0.2) is 0 Å². The van der Waals surface area contributed by atoms with Crippen molar-refractivity contribution in [3.8, 4) is 0 Å². The maximum absolute atomic E-state index is 12.7. The second kappa shape index (κ2) is 7.32. The monoisotopic (exact) mass is 352 g/mol. The first kappa shape index (κ1) is 16.8. The van der Waals surface area contributed by atoms with Gasteiger partial charge in [-0.25, -0.2) is 0 Å². The molecule has 2 atom stereocenters. The zero-order valence-corrected chi connectivity index (χ0v) is 14.8. The van der Waals surface area contributed by atoms with Crippen LogP contribution >= 0.6 is 0 Å². The first-order chi connectivity index (χ1) is 12.7. The van der Waals surface area contributed by atoms with Gasteiger partial charge in [0.25, 0.3) is 0 Å². The van der Waals surface area contributed by atoms with Crippen LogP contribution in [0.3, 0.4) is 0 Å². The van der Waals surface area contributed by atoms with Gasteiger partial charge in [0.05, 0.1) is 6.04 Å². The van der Waals surface area contributed by atoms with Gasteiger partial charge in [-0.05, 0) is 30.4 Å². The third-order valence-corrected chi connectivity index (χ3v) is 5.50. The van der Waals surface area contributed by atoms with Gasteiger partial charge in [-0.1, -0.05) is 30.3 Å². The number of aromatic nitrogens is 2. The van der Waals surface area contributed by atoms with Crippen molar-refractivity contribution in [1.82, 2.24) is 19.6 Å². The number of hydrogen-bond donors (Lipinski definition) is 0. The molecule has 2 amide bonds. The third-order valence-electron chi connectivity index (χ3n) is 5.50. The van der Waals surface area contributed by atoms with E-state index >= 15 is 0 Å². The Morgan fingerprint density at radius 3 is 2.77 bits per heavy atom. The zero-order valence-electron chi connectivity index (χ0n) is 14.8. The van der Waals surface area contributed by atoms with Crippen LogP contribution in [-0.2, 0) is 22.7 Å². The molecule has 1 aromatic heterocycles. The number of rotatable bonds is 4. The van der Waals surface area contributed by atoms with Crippen molar-refractivity contribution in [2.45, 2.75) is 38.4 Å². The maximum Gasteiger partial charge on any atom is 0.244 e. The Labute approximate surface area is 153 Å². The van der Waals surface area contributed by atoms with E-state index in [2.05, 4.69) is 17.2 Å². The summed E-state index contributed by atoms with van der Waals surface area (Å²) in [5.41, 5.74) is 1.14. The highest BCUT2D eigenvalue weighted by atomic mass is 16.2. The van der Waals surface area contributed by atoms with Crippen LogP contribution in [0.5, 0.6) is 0 Å². The normalized spacial score (nSPS) is 23.0. The van der Waals surface area contributed by atoms with E-state index in [-0.39, 0.29) is 24.4 Å². The Bertz CT molecular complexity index is 759. The van der Waals surface area contributed by atoms with Gasteiger partial charge in [0.1, 0.15) is 6.54 Å². The van der Waals surface area contributed by atoms with Crippen molar-refractivity contribution in [3.63, 3.8) is 0 Å². The molecule has 0 bridgehead atoms. The van der Waals surface area contributed by atoms with E-state index in [0.29, 0.717) is 25.4 Å². The number of carbonyl (C=O) groups is 2. The van der Waals surface area contributed by atoms with E-state index in [9.17, 15) is 9.59 Å². The fourth-order valence-corrected chi connectivity index (χ4v) is 4.16. The van der Waals surface area contributed by atoms with Crippen LogP contribution < -0.4 is 0 Å². The highest BCUT2D eigenvalue weighted by Crippen LogP contribution is 2.31. The summed E-state index contributed by atoms with van der Waals surface area (Å²) < 4.78 is 1.66. The van der Waals surface area contributed by atoms with Crippen LogP contribution in [-0.4, -0.2) is 50.5 Å². The van der Waals surface area contributed by atoms with Crippen LogP contribution in [0.15, 0.2) is 48.8 Å². The number of nitrogens with zero attached hydrogens (tertiary/aromatic N) is 4. The summed E-state index contributed by atoms with van der Waals surface area (Å²) in [4.78, 5) is 29.3. The number of fused-ring (bicyclic) bond motifs is 1. The molecule has 4 rings (SSSR count). The summed E-state index contributed by atoms with van der Waals surface area (Å²) in [6.45, 7) is 2.26.